The molecule has 110 valence electrons. The molecule has 20 heavy (non-hydrogen) atoms. The number of piperidine rings is 1. The molecule has 1 heterocycles. The molecule has 1 aliphatic rings. The minimum Gasteiger partial charge on any atom is -0.508 e. The molecule has 4 heteroatoms. The minimum atomic E-state index is -0.662. The predicted octanol–water partition coefficient (Wildman–Crippen LogP) is 3.03. The molecule has 1 aliphatic heterocycles. The third kappa shape index (κ3) is 2.80. The standard InChI is InChI=1S/C16H23NO3/c1-3-16(15(19)20)7-9-17(10-8-16)12(2)13-5-4-6-14(18)11-13/h4-6,11-12,18H,3,7-10H2,1-2H3,(H,19,20). The number of hydrogen-bond donors (Lipinski definition) is 2. The molecule has 2 N–H and O–H groups in total. The summed E-state index contributed by atoms with van der Waals surface area (Å²) in [6.07, 6.45) is 2.08. The first-order valence-electron chi connectivity index (χ1n) is 7.25. The SMILES string of the molecule is CCC1(C(=O)O)CCN(C(C)c2cccc(O)c2)CC1. The third-order valence-electron chi connectivity index (χ3n) is 4.79. The van der Waals surface area contributed by atoms with E-state index in [0.717, 1.165) is 18.7 Å². The second-order valence-electron chi connectivity index (χ2n) is 5.75. The second-order valence-corrected chi connectivity index (χ2v) is 5.75. The summed E-state index contributed by atoms with van der Waals surface area (Å²) in [7, 11) is 0. The molecule has 0 radical (unpaired) electrons. The van der Waals surface area contributed by atoms with Crippen molar-refractivity contribution in [2.75, 3.05) is 13.1 Å². The van der Waals surface area contributed by atoms with Gasteiger partial charge in [-0.25, -0.2) is 0 Å². The Hall–Kier alpha value is -1.55. The number of carbonyl (C=O) groups is 1. The van der Waals surface area contributed by atoms with E-state index in [9.17, 15) is 15.0 Å². The zero-order valence-corrected chi connectivity index (χ0v) is 12.2. The van der Waals surface area contributed by atoms with Crippen LogP contribution >= 0.6 is 0 Å². The number of carboxylic acids is 1. The minimum absolute atomic E-state index is 0.200. The van der Waals surface area contributed by atoms with Gasteiger partial charge in [0.25, 0.3) is 0 Å². The van der Waals surface area contributed by atoms with Crippen molar-refractivity contribution in [1.82, 2.24) is 4.90 Å². The van der Waals surface area contributed by atoms with E-state index in [4.69, 9.17) is 0 Å². The number of aliphatic carboxylic acids is 1. The van der Waals surface area contributed by atoms with Gasteiger partial charge in [-0.05, 0) is 57.0 Å². The summed E-state index contributed by atoms with van der Waals surface area (Å²) in [5, 5.41) is 19.0. The van der Waals surface area contributed by atoms with Crippen molar-refractivity contribution in [2.45, 2.75) is 39.2 Å². The summed E-state index contributed by atoms with van der Waals surface area (Å²) in [6, 6.07) is 7.50. The van der Waals surface area contributed by atoms with Gasteiger partial charge < -0.3 is 10.2 Å². The molecule has 0 bridgehead atoms. The second kappa shape index (κ2) is 5.83. The number of benzene rings is 1. The molecule has 0 saturated carbocycles. The highest BCUT2D eigenvalue weighted by molar-refractivity contribution is 5.74. The number of likely N-dealkylation sites (tertiary alicyclic amines) is 1. The average molecular weight is 277 g/mol. The van der Waals surface area contributed by atoms with Gasteiger partial charge in [-0.3, -0.25) is 9.69 Å². The van der Waals surface area contributed by atoms with Gasteiger partial charge in [-0.15, -0.1) is 0 Å². The van der Waals surface area contributed by atoms with Gasteiger partial charge in [0, 0.05) is 6.04 Å². The molecule has 1 saturated heterocycles. The van der Waals surface area contributed by atoms with E-state index in [2.05, 4.69) is 11.8 Å². The fraction of sp³-hybridized carbons (Fsp3) is 0.562. The van der Waals surface area contributed by atoms with Gasteiger partial charge in [0.2, 0.25) is 0 Å². The van der Waals surface area contributed by atoms with Crippen LogP contribution < -0.4 is 0 Å². The molecule has 1 unspecified atom stereocenters. The summed E-state index contributed by atoms with van der Waals surface area (Å²) in [5.74, 6) is -0.385. The number of nitrogens with zero attached hydrogens (tertiary/aromatic N) is 1. The number of rotatable bonds is 4. The van der Waals surface area contributed by atoms with Crippen molar-refractivity contribution in [1.29, 1.82) is 0 Å². The van der Waals surface area contributed by atoms with E-state index >= 15 is 0 Å². The highest BCUT2D eigenvalue weighted by Gasteiger charge is 2.40. The fourth-order valence-electron chi connectivity index (χ4n) is 3.05. The highest BCUT2D eigenvalue weighted by Crippen LogP contribution is 2.37. The lowest BCUT2D eigenvalue weighted by Crippen LogP contribution is -2.44. The first-order valence-corrected chi connectivity index (χ1v) is 7.25. The Labute approximate surface area is 120 Å². The van der Waals surface area contributed by atoms with Crippen LogP contribution in [-0.2, 0) is 4.79 Å². The van der Waals surface area contributed by atoms with Crippen molar-refractivity contribution >= 4 is 5.97 Å². The van der Waals surface area contributed by atoms with E-state index in [1.807, 2.05) is 19.1 Å². The molecule has 2 rings (SSSR count). The van der Waals surface area contributed by atoms with Crippen LogP contribution in [0.2, 0.25) is 0 Å². The van der Waals surface area contributed by atoms with E-state index in [0.29, 0.717) is 19.3 Å². The number of aromatic hydroxyl groups is 1. The maximum atomic E-state index is 11.4. The van der Waals surface area contributed by atoms with Crippen molar-refractivity contribution in [3.63, 3.8) is 0 Å². The Morgan fingerprint density at radius 2 is 2.05 bits per heavy atom. The Balaban J connectivity index is 2.05. The molecule has 0 aromatic heterocycles. The van der Waals surface area contributed by atoms with E-state index in [1.165, 1.54) is 0 Å². The van der Waals surface area contributed by atoms with Crippen LogP contribution in [0.3, 0.4) is 0 Å². The van der Waals surface area contributed by atoms with Gasteiger partial charge in [0.1, 0.15) is 5.75 Å². The molecule has 1 fully saturated rings. The lowest BCUT2D eigenvalue weighted by atomic mass is 9.76. The molecule has 0 spiro atoms. The van der Waals surface area contributed by atoms with Crippen LogP contribution in [0.4, 0.5) is 0 Å². The van der Waals surface area contributed by atoms with Gasteiger partial charge in [0.15, 0.2) is 0 Å². The van der Waals surface area contributed by atoms with Gasteiger partial charge in [-0.1, -0.05) is 19.1 Å². The summed E-state index contributed by atoms with van der Waals surface area (Å²) in [6.45, 7) is 5.64. The zero-order chi connectivity index (χ0) is 14.8. The van der Waals surface area contributed by atoms with Crippen LogP contribution in [0.15, 0.2) is 24.3 Å². The van der Waals surface area contributed by atoms with Crippen molar-refractivity contribution < 1.29 is 15.0 Å². The van der Waals surface area contributed by atoms with E-state index in [-0.39, 0.29) is 11.8 Å². The van der Waals surface area contributed by atoms with Gasteiger partial charge in [-0.2, -0.15) is 0 Å². The maximum absolute atomic E-state index is 11.4. The van der Waals surface area contributed by atoms with Crippen molar-refractivity contribution in [3.8, 4) is 5.75 Å². The Bertz CT molecular complexity index is 478. The van der Waals surface area contributed by atoms with Crippen molar-refractivity contribution in [3.05, 3.63) is 29.8 Å². The monoisotopic (exact) mass is 277 g/mol. The molecule has 1 aromatic carbocycles. The smallest absolute Gasteiger partial charge is 0.309 e. The largest absolute Gasteiger partial charge is 0.508 e. The molecular formula is C16H23NO3. The lowest BCUT2D eigenvalue weighted by Gasteiger charge is -2.41. The van der Waals surface area contributed by atoms with Gasteiger partial charge in [0.05, 0.1) is 5.41 Å². The van der Waals surface area contributed by atoms with Crippen LogP contribution in [0.25, 0.3) is 0 Å². The summed E-state index contributed by atoms with van der Waals surface area (Å²) in [5.41, 5.74) is 0.527. The Kier molecular flexibility index (Phi) is 4.33. The Morgan fingerprint density at radius 1 is 1.40 bits per heavy atom. The molecular weight excluding hydrogens is 254 g/mol. The molecule has 1 aromatic rings. The third-order valence-corrected chi connectivity index (χ3v) is 4.79. The van der Waals surface area contributed by atoms with E-state index in [1.54, 1.807) is 12.1 Å². The number of carboxylic acid groups (broad SMARTS) is 1. The average Bonchev–Trinajstić information content (AvgIpc) is 2.46. The molecule has 4 nitrogen and oxygen atoms in total. The van der Waals surface area contributed by atoms with Crippen LogP contribution in [0.1, 0.15) is 44.7 Å². The van der Waals surface area contributed by atoms with Crippen LogP contribution in [0.5, 0.6) is 5.75 Å². The summed E-state index contributed by atoms with van der Waals surface area (Å²) in [4.78, 5) is 13.7. The molecule has 0 amide bonds. The van der Waals surface area contributed by atoms with E-state index < -0.39 is 11.4 Å². The topological polar surface area (TPSA) is 60.8 Å². The lowest BCUT2D eigenvalue weighted by molar-refractivity contribution is -0.152. The first-order chi connectivity index (χ1) is 9.48. The fourth-order valence-corrected chi connectivity index (χ4v) is 3.05. The van der Waals surface area contributed by atoms with Gasteiger partial charge >= 0.3 is 5.97 Å². The summed E-state index contributed by atoms with van der Waals surface area (Å²) < 4.78 is 0. The number of phenolic OH excluding ortho intramolecular Hbond substituents is 1. The maximum Gasteiger partial charge on any atom is 0.309 e. The first kappa shape index (κ1) is 14.9. The Morgan fingerprint density at radius 3 is 2.55 bits per heavy atom. The van der Waals surface area contributed by atoms with Crippen molar-refractivity contribution in [2.24, 2.45) is 5.41 Å². The summed E-state index contributed by atoms with van der Waals surface area (Å²) >= 11 is 0. The molecule has 1 atom stereocenters. The van der Waals surface area contributed by atoms with Crippen LogP contribution in [-0.4, -0.2) is 34.2 Å². The quantitative estimate of drug-likeness (QED) is 0.888. The highest BCUT2D eigenvalue weighted by atomic mass is 16.4. The number of phenols is 1. The predicted molar refractivity (Wildman–Crippen MR) is 77.7 cm³/mol. The molecule has 0 aliphatic carbocycles. The number of hydrogen-bond acceptors (Lipinski definition) is 3. The normalized spacial score (nSPS) is 20.5. The zero-order valence-electron chi connectivity index (χ0n) is 12.2. The van der Waals surface area contributed by atoms with Crippen LogP contribution in [0, 0.1) is 5.41 Å².